The molecule has 0 spiro atoms. The number of aromatic nitrogens is 3. The Bertz CT molecular complexity index is 1790. The number of hydrogen-bond donors (Lipinski definition) is 0. The number of fused-ring (bicyclic) bond motifs is 4. The van der Waals surface area contributed by atoms with Crippen LogP contribution in [0.25, 0.3) is 38.5 Å². The van der Waals surface area contributed by atoms with Crippen LogP contribution in [-0.2, 0) is 38.5 Å². The first kappa shape index (κ1) is 25.4. The average molecular weight is 594 g/mol. The van der Waals surface area contributed by atoms with Crippen LogP contribution in [0.15, 0.2) is 83.9 Å². The third-order valence-corrected chi connectivity index (χ3v) is 6.82. The van der Waals surface area contributed by atoms with Gasteiger partial charge in [0.15, 0.2) is 0 Å². The molecule has 6 rings (SSSR count). The Morgan fingerprint density at radius 3 is 2.46 bits per heavy atom. The maximum atomic E-state index is 6.35. The molecule has 6 heteroatoms. The van der Waals surface area contributed by atoms with Gasteiger partial charge in [-0.05, 0) is 47.1 Å². The van der Waals surface area contributed by atoms with E-state index in [1.54, 1.807) is 0 Å². The second-order valence-corrected chi connectivity index (χ2v) is 10.6. The van der Waals surface area contributed by atoms with Gasteiger partial charge < -0.3 is 21.9 Å². The largest absolute Gasteiger partial charge is 2.00 e. The van der Waals surface area contributed by atoms with Gasteiger partial charge in [0.2, 0.25) is 5.88 Å². The molecular formula is C31H25N3OPdS. The molecular weight excluding hydrogens is 569 g/mol. The molecule has 0 radical (unpaired) electrons. The normalized spacial score (nSPS) is 11.7. The molecule has 0 aliphatic heterocycles. The fraction of sp³-hybridized carbons (Fsp3) is 0.161. The van der Waals surface area contributed by atoms with Crippen molar-refractivity contribution < 1.29 is 25.2 Å². The molecule has 0 aliphatic rings. The summed E-state index contributed by atoms with van der Waals surface area (Å²) in [4.78, 5) is 10.2. The van der Waals surface area contributed by atoms with Gasteiger partial charge in [-0.1, -0.05) is 62.7 Å². The van der Waals surface area contributed by atoms with Crippen molar-refractivity contribution in [3.05, 3.63) is 96.2 Å². The van der Waals surface area contributed by atoms with E-state index in [4.69, 9.17) is 22.3 Å². The van der Waals surface area contributed by atoms with E-state index in [9.17, 15) is 0 Å². The molecule has 0 fully saturated rings. The zero-order valence-corrected chi connectivity index (χ0v) is 23.4. The molecule has 0 amide bonds. The number of aryl methyl sites for hydroxylation is 1. The van der Waals surface area contributed by atoms with Gasteiger partial charge in [0.1, 0.15) is 5.82 Å². The summed E-state index contributed by atoms with van der Waals surface area (Å²) in [6, 6.07) is 28.0. The summed E-state index contributed by atoms with van der Waals surface area (Å²) in [6.45, 7) is 8.64. The first-order valence-electron chi connectivity index (χ1n) is 12.0. The first-order valence-corrected chi connectivity index (χ1v) is 12.4. The number of hydrogen-bond acceptors (Lipinski definition) is 4. The number of nitrogens with zero attached hydrogens (tertiary/aromatic N) is 3. The summed E-state index contributed by atoms with van der Waals surface area (Å²) < 4.78 is 8.49. The van der Waals surface area contributed by atoms with Gasteiger partial charge in [0.25, 0.3) is 0 Å². The van der Waals surface area contributed by atoms with Crippen molar-refractivity contribution in [2.24, 2.45) is 0 Å². The third-order valence-electron chi connectivity index (χ3n) is 6.49. The van der Waals surface area contributed by atoms with E-state index in [1.807, 2.05) is 42.6 Å². The Morgan fingerprint density at radius 2 is 1.68 bits per heavy atom. The Balaban J connectivity index is 0.00000280. The molecule has 0 unspecified atom stereocenters. The summed E-state index contributed by atoms with van der Waals surface area (Å²) in [6.07, 6.45) is 1.84. The van der Waals surface area contributed by atoms with Crippen molar-refractivity contribution in [2.45, 2.75) is 38.0 Å². The van der Waals surface area contributed by atoms with Gasteiger partial charge in [-0.15, -0.1) is 22.4 Å². The van der Waals surface area contributed by atoms with E-state index in [0.29, 0.717) is 16.5 Å². The molecule has 0 saturated carbocycles. The van der Waals surface area contributed by atoms with Crippen molar-refractivity contribution in [3.8, 4) is 17.4 Å². The monoisotopic (exact) mass is 593 g/mol. The fourth-order valence-corrected chi connectivity index (χ4v) is 5.03. The average Bonchev–Trinajstić information content (AvgIpc) is 3.17. The summed E-state index contributed by atoms with van der Waals surface area (Å²) in [7, 11) is 0. The summed E-state index contributed by atoms with van der Waals surface area (Å²) in [5.41, 5.74) is 4.97. The third kappa shape index (κ3) is 4.51. The molecule has 0 aliphatic carbocycles. The second kappa shape index (κ2) is 9.54. The predicted octanol–water partition coefficient (Wildman–Crippen LogP) is 7.83. The maximum absolute atomic E-state index is 6.35. The van der Waals surface area contributed by atoms with Gasteiger partial charge in [-0.3, -0.25) is 0 Å². The Labute approximate surface area is 235 Å². The molecule has 37 heavy (non-hydrogen) atoms. The number of benzene rings is 3. The van der Waals surface area contributed by atoms with Gasteiger partial charge in [-0.25, -0.2) is 9.97 Å². The molecule has 4 nitrogen and oxygen atoms in total. The molecule has 3 aromatic heterocycles. The number of ether oxygens (including phenoxy) is 1. The number of pyridine rings is 2. The van der Waals surface area contributed by atoms with Crippen LogP contribution in [0.3, 0.4) is 0 Å². The van der Waals surface area contributed by atoms with Crippen LogP contribution in [-0.4, -0.2) is 14.5 Å². The minimum Gasteiger partial charge on any atom is -0.778 e. The van der Waals surface area contributed by atoms with Crippen LogP contribution in [0.4, 0.5) is 0 Å². The van der Waals surface area contributed by atoms with Gasteiger partial charge in [0.05, 0.1) is 5.52 Å². The standard InChI is InChI=1S/C31H26N3OS.Pd/c1-19-14-15-32-28(16-19)34-25-10-6-5-8-21(25)22-13-12-20(17-26(22)34)35-29-18-24(31(2,3)4)23-9-7-11-27(36)30(23)33-29;/h5-16,18,36H,1-4H3;/q-1;+2/p-1. The van der Waals surface area contributed by atoms with E-state index < -0.39 is 0 Å². The van der Waals surface area contributed by atoms with Crippen LogP contribution in [0, 0.1) is 13.0 Å². The first-order chi connectivity index (χ1) is 17.3. The fourth-order valence-electron chi connectivity index (χ4n) is 4.80. The molecule has 0 bridgehead atoms. The topological polar surface area (TPSA) is 39.9 Å². The Kier molecular flexibility index (Phi) is 6.54. The van der Waals surface area contributed by atoms with Crippen LogP contribution < -0.4 is 4.74 Å². The Hall–Kier alpha value is -3.30. The van der Waals surface area contributed by atoms with Crippen LogP contribution in [0.2, 0.25) is 0 Å². The molecule has 3 aromatic carbocycles. The molecule has 3 heterocycles. The summed E-state index contributed by atoms with van der Waals surface area (Å²) in [5, 5.41) is 3.30. The smallest absolute Gasteiger partial charge is 0.778 e. The summed E-state index contributed by atoms with van der Waals surface area (Å²) >= 11 is 5.61. The zero-order valence-electron chi connectivity index (χ0n) is 21.0. The zero-order chi connectivity index (χ0) is 25.0. The van der Waals surface area contributed by atoms with Crippen molar-refractivity contribution in [2.75, 3.05) is 0 Å². The molecule has 0 N–H and O–H groups in total. The van der Waals surface area contributed by atoms with E-state index in [1.165, 1.54) is 0 Å². The number of para-hydroxylation sites is 2. The minimum atomic E-state index is -0.0979. The van der Waals surface area contributed by atoms with Crippen LogP contribution in [0.5, 0.6) is 11.6 Å². The van der Waals surface area contributed by atoms with E-state index in [2.05, 4.69) is 79.7 Å². The van der Waals surface area contributed by atoms with E-state index in [-0.39, 0.29) is 25.8 Å². The molecule has 6 aromatic rings. The quantitative estimate of drug-likeness (QED) is 0.119. The number of rotatable bonds is 3. The van der Waals surface area contributed by atoms with Crippen molar-refractivity contribution in [1.82, 2.24) is 14.5 Å². The van der Waals surface area contributed by atoms with E-state index >= 15 is 0 Å². The molecule has 0 saturated heterocycles. The Morgan fingerprint density at radius 1 is 0.892 bits per heavy atom. The van der Waals surface area contributed by atoms with Gasteiger partial charge >= 0.3 is 20.4 Å². The summed E-state index contributed by atoms with van der Waals surface area (Å²) in [5.74, 6) is 1.95. The van der Waals surface area contributed by atoms with Crippen LogP contribution >= 0.6 is 0 Å². The van der Waals surface area contributed by atoms with Crippen molar-refractivity contribution in [3.63, 3.8) is 0 Å². The molecule has 0 atom stereocenters. The van der Waals surface area contributed by atoms with Crippen molar-refractivity contribution >= 4 is 45.3 Å². The van der Waals surface area contributed by atoms with Gasteiger partial charge in [-0.2, -0.15) is 6.07 Å². The maximum Gasteiger partial charge on any atom is 2.00 e. The van der Waals surface area contributed by atoms with Crippen molar-refractivity contribution in [1.29, 1.82) is 0 Å². The van der Waals surface area contributed by atoms with E-state index in [0.717, 1.165) is 49.7 Å². The van der Waals surface area contributed by atoms with Gasteiger partial charge in [0, 0.05) is 28.9 Å². The predicted molar refractivity (Wildman–Crippen MR) is 148 cm³/mol. The minimum absolute atomic E-state index is 0. The molecule has 186 valence electrons. The second-order valence-electron chi connectivity index (χ2n) is 10.1. The SMILES string of the molecule is Cc1ccnc(-n2c3[c-]c(Oc4cc(C(C)(C)C)c5cccc([S-])c5n4)ccc3c3ccccc32)c1.[Pd+2]. The van der Waals surface area contributed by atoms with Crippen LogP contribution in [0.1, 0.15) is 31.9 Å².